The molecule has 1 fully saturated rings. The SMILES string of the molecule is C\C=C(/C=C\C(C)=N\C=C(\C(=O)C1CC1)C(C)C)c1cccnc1-c1ccc(C)c(C)c1. The van der Waals surface area contributed by atoms with E-state index in [1.54, 1.807) is 6.20 Å². The molecule has 2 aromatic rings. The summed E-state index contributed by atoms with van der Waals surface area (Å²) in [6.07, 6.45) is 11.8. The smallest absolute Gasteiger partial charge is 0.163 e. The zero-order valence-corrected chi connectivity index (χ0v) is 20.1. The van der Waals surface area contributed by atoms with Gasteiger partial charge in [0.2, 0.25) is 0 Å². The fourth-order valence-corrected chi connectivity index (χ4v) is 3.60. The molecule has 0 radical (unpaired) electrons. The van der Waals surface area contributed by atoms with Crippen LogP contribution in [-0.4, -0.2) is 16.5 Å². The lowest BCUT2D eigenvalue weighted by molar-refractivity contribution is -0.117. The number of carbonyl (C=O) groups excluding carboxylic acids is 1. The Labute approximate surface area is 192 Å². The second-order valence-corrected chi connectivity index (χ2v) is 8.92. The summed E-state index contributed by atoms with van der Waals surface area (Å²) < 4.78 is 0. The molecule has 1 saturated carbocycles. The third kappa shape index (κ3) is 5.79. The Morgan fingerprint density at radius 1 is 1.12 bits per heavy atom. The van der Waals surface area contributed by atoms with Crippen LogP contribution in [0, 0.1) is 25.7 Å². The van der Waals surface area contributed by atoms with E-state index in [4.69, 9.17) is 0 Å². The molecule has 0 amide bonds. The van der Waals surface area contributed by atoms with E-state index in [0.29, 0.717) is 0 Å². The first-order valence-corrected chi connectivity index (χ1v) is 11.5. The van der Waals surface area contributed by atoms with Crippen LogP contribution < -0.4 is 0 Å². The topological polar surface area (TPSA) is 42.3 Å². The summed E-state index contributed by atoms with van der Waals surface area (Å²) in [5.74, 6) is 0.674. The number of Topliss-reactive ketones (excluding diaryl/α,β-unsaturated/α-hetero) is 1. The number of hydrogen-bond donors (Lipinski definition) is 0. The molecule has 0 unspecified atom stereocenters. The van der Waals surface area contributed by atoms with Crippen LogP contribution in [0.25, 0.3) is 16.8 Å². The second kappa shape index (κ2) is 10.5. The quantitative estimate of drug-likeness (QED) is 0.252. The van der Waals surface area contributed by atoms with Gasteiger partial charge in [0.05, 0.1) is 5.69 Å². The van der Waals surface area contributed by atoms with Crippen LogP contribution in [0.3, 0.4) is 0 Å². The highest BCUT2D eigenvalue weighted by Gasteiger charge is 2.32. The molecule has 0 N–H and O–H groups in total. The minimum atomic E-state index is 0.186. The van der Waals surface area contributed by atoms with Gasteiger partial charge in [-0.1, -0.05) is 44.2 Å². The maximum absolute atomic E-state index is 12.5. The summed E-state index contributed by atoms with van der Waals surface area (Å²) in [5, 5.41) is 0. The first-order valence-electron chi connectivity index (χ1n) is 11.5. The van der Waals surface area contributed by atoms with Gasteiger partial charge in [-0.3, -0.25) is 14.8 Å². The molecule has 1 aliphatic rings. The molecule has 0 bridgehead atoms. The number of aliphatic imine (C=N–C) groups is 1. The molecule has 1 aromatic carbocycles. The van der Waals surface area contributed by atoms with Crippen LogP contribution in [-0.2, 0) is 4.79 Å². The standard InChI is InChI=1S/C29H34N2O/c1-7-23(13-11-22(6)31-18-27(19(2)3)29(32)24-14-15-24)26-9-8-16-30-28(26)25-12-10-20(4)21(5)17-25/h7-13,16-19,24H,14-15H2,1-6H3/b13-11-,23-7+,27-18+,31-22+. The van der Waals surface area contributed by atoms with Gasteiger partial charge < -0.3 is 0 Å². The molecule has 0 saturated heterocycles. The number of benzene rings is 1. The van der Waals surface area contributed by atoms with E-state index >= 15 is 0 Å². The van der Waals surface area contributed by atoms with E-state index < -0.39 is 0 Å². The van der Waals surface area contributed by atoms with Crippen molar-refractivity contribution in [2.75, 3.05) is 0 Å². The molecule has 32 heavy (non-hydrogen) atoms. The summed E-state index contributed by atoms with van der Waals surface area (Å²) in [4.78, 5) is 21.8. The Morgan fingerprint density at radius 3 is 2.50 bits per heavy atom. The first-order chi connectivity index (χ1) is 15.3. The van der Waals surface area contributed by atoms with Gasteiger partial charge in [0.25, 0.3) is 0 Å². The number of aryl methyl sites for hydroxylation is 2. The van der Waals surface area contributed by atoms with Gasteiger partial charge in [0.15, 0.2) is 5.78 Å². The monoisotopic (exact) mass is 426 g/mol. The molecule has 166 valence electrons. The Morgan fingerprint density at radius 2 is 1.88 bits per heavy atom. The number of rotatable bonds is 8. The molecule has 0 atom stereocenters. The van der Waals surface area contributed by atoms with Crippen molar-refractivity contribution in [2.45, 2.75) is 54.4 Å². The minimum absolute atomic E-state index is 0.186. The van der Waals surface area contributed by atoms with E-state index in [2.05, 4.69) is 74.1 Å². The van der Waals surface area contributed by atoms with E-state index in [1.165, 1.54) is 11.1 Å². The van der Waals surface area contributed by atoms with Crippen molar-refractivity contribution in [3.8, 4) is 11.3 Å². The Hall–Kier alpha value is -3.07. The predicted molar refractivity (Wildman–Crippen MR) is 136 cm³/mol. The maximum Gasteiger partial charge on any atom is 0.163 e. The Kier molecular flexibility index (Phi) is 7.74. The summed E-state index contributed by atoms with van der Waals surface area (Å²) in [7, 11) is 0. The molecular weight excluding hydrogens is 392 g/mol. The Balaban J connectivity index is 1.87. The largest absolute Gasteiger partial charge is 0.294 e. The molecule has 1 aliphatic carbocycles. The summed E-state index contributed by atoms with van der Waals surface area (Å²) in [5.41, 5.74) is 8.49. The molecule has 0 spiro atoms. The van der Waals surface area contributed by atoms with E-state index in [0.717, 1.165) is 46.5 Å². The van der Waals surface area contributed by atoms with E-state index in [1.807, 2.05) is 32.2 Å². The zero-order valence-electron chi connectivity index (χ0n) is 20.1. The molecule has 3 heteroatoms. The van der Waals surface area contributed by atoms with Crippen molar-refractivity contribution in [1.29, 1.82) is 0 Å². The lowest BCUT2D eigenvalue weighted by atomic mass is 9.96. The van der Waals surface area contributed by atoms with Gasteiger partial charge in [-0.05, 0) is 81.4 Å². The predicted octanol–water partition coefficient (Wildman–Crippen LogP) is 7.30. The van der Waals surface area contributed by atoms with Crippen molar-refractivity contribution >= 4 is 17.1 Å². The average molecular weight is 427 g/mol. The molecular formula is C29H34N2O. The molecule has 1 heterocycles. The maximum atomic E-state index is 12.5. The molecule has 1 aromatic heterocycles. The van der Waals surface area contributed by atoms with Crippen LogP contribution in [0.15, 0.2) is 71.5 Å². The third-order valence-corrected chi connectivity index (χ3v) is 5.98. The molecule has 3 rings (SSSR count). The average Bonchev–Trinajstić information content (AvgIpc) is 3.62. The highest BCUT2D eigenvalue weighted by atomic mass is 16.1. The van der Waals surface area contributed by atoms with Gasteiger partial charge in [-0.15, -0.1) is 0 Å². The normalized spacial score (nSPS) is 15.7. The van der Waals surface area contributed by atoms with Crippen LogP contribution in [0.5, 0.6) is 0 Å². The van der Waals surface area contributed by atoms with Crippen LogP contribution >= 0.6 is 0 Å². The number of ketones is 1. The van der Waals surface area contributed by atoms with E-state index in [-0.39, 0.29) is 17.6 Å². The van der Waals surface area contributed by atoms with E-state index in [9.17, 15) is 4.79 Å². The number of carbonyl (C=O) groups is 1. The number of hydrogen-bond acceptors (Lipinski definition) is 3. The van der Waals surface area contributed by atoms with Crippen molar-refractivity contribution in [3.05, 3.63) is 83.2 Å². The third-order valence-electron chi connectivity index (χ3n) is 5.98. The number of nitrogens with zero attached hydrogens (tertiary/aromatic N) is 2. The fraction of sp³-hybridized carbons (Fsp3) is 0.345. The first kappa shape index (κ1) is 23.6. The van der Waals surface area contributed by atoms with Crippen molar-refractivity contribution in [3.63, 3.8) is 0 Å². The highest BCUT2D eigenvalue weighted by Crippen LogP contribution is 2.34. The highest BCUT2D eigenvalue weighted by molar-refractivity contribution is 6.00. The lowest BCUT2D eigenvalue weighted by Crippen LogP contribution is -2.10. The van der Waals surface area contributed by atoms with Gasteiger partial charge in [0.1, 0.15) is 0 Å². The number of pyridine rings is 1. The lowest BCUT2D eigenvalue weighted by Gasteiger charge is -2.11. The zero-order chi connectivity index (χ0) is 23.3. The van der Waals surface area contributed by atoms with Gasteiger partial charge >= 0.3 is 0 Å². The molecule has 0 aliphatic heterocycles. The minimum Gasteiger partial charge on any atom is -0.294 e. The Bertz CT molecular complexity index is 1110. The van der Waals surface area contributed by atoms with Crippen LogP contribution in [0.4, 0.5) is 0 Å². The van der Waals surface area contributed by atoms with Gasteiger partial charge in [-0.25, -0.2) is 0 Å². The van der Waals surface area contributed by atoms with Crippen molar-refractivity contribution < 1.29 is 4.79 Å². The second-order valence-electron chi connectivity index (χ2n) is 8.92. The van der Waals surface area contributed by atoms with Crippen molar-refractivity contribution in [1.82, 2.24) is 4.98 Å². The number of allylic oxidation sites excluding steroid dienone is 5. The summed E-state index contributed by atoms with van der Waals surface area (Å²) in [6.45, 7) is 12.4. The van der Waals surface area contributed by atoms with Gasteiger partial charge in [-0.2, -0.15) is 0 Å². The van der Waals surface area contributed by atoms with Crippen LogP contribution in [0.1, 0.15) is 57.2 Å². The fourth-order valence-electron chi connectivity index (χ4n) is 3.60. The van der Waals surface area contributed by atoms with Gasteiger partial charge in [0, 0.05) is 40.7 Å². The van der Waals surface area contributed by atoms with Crippen LogP contribution in [0.2, 0.25) is 0 Å². The summed E-state index contributed by atoms with van der Waals surface area (Å²) in [6, 6.07) is 10.5. The molecule has 3 nitrogen and oxygen atoms in total. The summed E-state index contributed by atoms with van der Waals surface area (Å²) >= 11 is 0. The van der Waals surface area contributed by atoms with Crippen molar-refractivity contribution in [2.24, 2.45) is 16.8 Å². The number of aromatic nitrogens is 1.